The van der Waals surface area contributed by atoms with Crippen LogP contribution in [0.3, 0.4) is 0 Å². The second-order valence-electron chi connectivity index (χ2n) is 9.87. The Balaban J connectivity index is 1.74. The fourth-order valence-corrected chi connectivity index (χ4v) is 4.24. The lowest BCUT2D eigenvalue weighted by atomic mass is 9.93. The summed E-state index contributed by atoms with van der Waals surface area (Å²) in [5.41, 5.74) is 2.08. The maximum absolute atomic E-state index is 15.2. The molecule has 0 saturated carbocycles. The van der Waals surface area contributed by atoms with Crippen LogP contribution in [0.5, 0.6) is 0 Å². The van der Waals surface area contributed by atoms with Crippen molar-refractivity contribution in [2.45, 2.75) is 64.1 Å². The molecule has 3 atom stereocenters. The molecule has 0 saturated heterocycles. The molecule has 0 fully saturated rings. The van der Waals surface area contributed by atoms with Gasteiger partial charge in [-0.3, -0.25) is 9.59 Å². The lowest BCUT2D eigenvalue weighted by Crippen LogP contribution is -2.56. The van der Waals surface area contributed by atoms with Gasteiger partial charge < -0.3 is 15.4 Å². The average Bonchev–Trinajstić information content (AvgIpc) is 2.98. The lowest BCUT2D eigenvalue weighted by Gasteiger charge is -2.28. The number of ketones is 1. The van der Waals surface area contributed by atoms with Crippen LogP contribution in [-0.2, 0) is 33.8 Å². The fraction of sp³-hybridized carbons (Fsp3) is 0.344. The molecule has 8 heteroatoms. The summed E-state index contributed by atoms with van der Waals surface area (Å²) < 4.78 is 35.7. The number of hydrogen-bond donors (Lipinski definition) is 2. The van der Waals surface area contributed by atoms with Crippen molar-refractivity contribution in [1.29, 1.82) is 0 Å². The van der Waals surface area contributed by atoms with Crippen molar-refractivity contribution in [3.8, 4) is 0 Å². The van der Waals surface area contributed by atoms with Crippen molar-refractivity contribution in [2.24, 2.45) is 5.92 Å². The summed E-state index contributed by atoms with van der Waals surface area (Å²) in [5, 5.41) is 5.08. The van der Waals surface area contributed by atoms with Gasteiger partial charge in [0.25, 0.3) is 0 Å². The molecule has 0 aliphatic carbocycles. The smallest absolute Gasteiger partial charge is 0.408 e. The first kappa shape index (κ1) is 30.5. The number of alkyl carbamates (subject to hydrolysis) is 1. The molecule has 3 aromatic carbocycles. The Kier molecular flexibility index (Phi) is 11.4. The minimum absolute atomic E-state index is 0.00424. The van der Waals surface area contributed by atoms with Crippen LogP contribution in [0.4, 0.5) is 13.6 Å². The molecule has 0 aliphatic rings. The molecule has 0 aliphatic heterocycles. The van der Waals surface area contributed by atoms with Crippen LogP contribution in [-0.4, -0.2) is 35.8 Å². The third kappa shape index (κ3) is 9.29. The second kappa shape index (κ2) is 14.9. The molecule has 3 aromatic rings. The highest BCUT2D eigenvalue weighted by atomic mass is 19.3. The third-order valence-corrected chi connectivity index (χ3v) is 6.83. The van der Waals surface area contributed by atoms with Gasteiger partial charge in [0.1, 0.15) is 12.6 Å². The molecule has 2 amide bonds. The van der Waals surface area contributed by atoms with Gasteiger partial charge in [0.05, 0.1) is 6.04 Å². The van der Waals surface area contributed by atoms with Gasteiger partial charge in [-0.05, 0) is 35.4 Å². The number of alkyl halides is 2. The number of benzene rings is 3. The number of Topliss-reactive ketones (excluding diaryl/α,β-unsaturated/α-hetero) is 1. The molecule has 212 valence electrons. The van der Waals surface area contributed by atoms with Gasteiger partial charge in [-0.15, -0.1) is 0 Å². The summed E-state index contributed by atoms with van der Waals surface area (Å²) in [6, 6.07) is 23.9. The third-order valence-electron chi connectivity index (χ3n) is 6.83. The van der Waals surface area contributed by atoms with E-state index in [9.17, 15) is 14.4 Å². The van der Waals surface area contributed by atoms with Crippen molar-refractivity contribution < 1.29 is 27.9 Å². The van der Waals surface area contributed by atoms with E-state index in [1.807, 2.05) is 25.1 Å². The molecule has 0 unspecified atom stereocenters. The van der Waals surface area contributed by atoms with Crippen molar-refractivity contribution in [3.63, 3.8) is 0 Å². The minimum Gasteiger partial charge on any atom is -0.445 e. The Labute approximate surface area is 234 Å². The molecule has 0 spiro atoms. The van der Waals surface area contributed by atoms with Crippen LogP contribution in [0.1, 0.15) is 43.4 Å². The topological polar surface area (TPSA) is 84.5 Å². The van der Waals surface area contributed by atoms with Crippen molar-refractivity contribution in [3.05, 3.63) is 108 Å². The largest absolute Gasteiger partial charge is 0.445 e. The Bertz CT molecular complexity index is 1220. The SMILES string of the molecule is CC[C@@H](C)[C@H](NC(=O)OCc1ccccc1)C(=O)N[C@@H](Cc1ccccc1)C(=O)C(F)(F)CCc1ccccc1. The van der Waals surface area contributed by atoms with Gasteiger partial charge in [-0.2, -0.15) is 8.78 Å². The van der Waals surface area contributed by atoms with Crippen LogP contribution in [0.15, 0.2) is 91.0 Å². The monoisotopic (exact) mass is 550 g/mol. The molecule has 0 aromatic heterocycles. The van der Waals surface area contributed by atoms with Crippen molar-refractivity contribution in [1.82, 2.24) is 10.6 Å². The fourth-order valence-electron chi connectivity index (χ4n) is 4.24. The van der Waals surface area contributed by atoms with Crippen LogP contribution < -0.4 is 10.6 Å². The van der Waals surface area contributed by atoms with Crippen LogP contribution in [0.25, 0.3) is 0 Å². The summed E-state index contributed by atoms with van der Waals surface area (Å²) in [4.78, 5) is 39.1. The Morgan fingerprint density at radius 3 is 1.88 bits per heavy atom. The number of hydrogen-bond acceptors (Lipinski definition) is 4. The van der Waals surface area contributed by atoms with E-state index in [0.29, 0.717) is 17.5 Å². The number of carbonyl (C=O) groups excluding carboxylic acids is 3. The summed E-state index contributed by atoms with van der Waals surface area (Å²) in [6.07, 6.45) is -1.09. The summed E-state index contributed by atoms with van der Waals surface area (Å²) in [5.74, 6) is -6.11. The first-order valence-electron chi connectivity index (χ1n) is 13.5. The van der Waals surface area contributed by atoms with E-state index in [-0.39, 0.29) is 25.4 Å². The minimum atomic E-state index is -3.67. The molecule has 0 bridgehead atoms. The molecule has 0 radical (unpaired) electrons. The second-order valence-corrected chi connectivity index (χ2v) is 9.87. The van der Waals surface area contributed by atoms with Crippen molar-refractivity contribution in [2.75, 3.05) is 0 Å². The zero-order chi connectivity index (χ0) is 29.0. The molecule has 3 rings (SSSR count). The van der Waals surface area contributed by atoms with Gasteiger partial charge in [0, 0.05) is 6.42 Å². The summed E-state index contributed by atoms with van der Waals surface area (Å²) in [6.45, 7) is 3.60. The van der Waals surface area contributed by atoms with Gasteiger partial charge in [-0.1, -0.05) is 111 Å². The quantitative estimate of drug-likeness (QED) is 0.262. The highest BCUT2D eigenvalue weighted by Crippen LogP contribution is 2.25. The predicted octanol–water partition coefficient (Wildman–Crippen LogP) is 5.89. The Morgan fingerprint density at radius 2 is 1.32 bits per heavy atom. The summed E-state index contributed by atoms with van der Waals surface area (Å²) in [7, 11) is 0. The predicted molar refractivity (Wildman–Crippen MR) is 150 cm³/mol. The molecule has 6 nitrogen and oxygen atoms in total. The number of aryl methyl sites for hydroxylation is 1. The van der Waals surface area contributed by atoms with E-state index < -0.39 is 42.2 Å². The normalized spacial score (nSPS) is 13.5. The Hall–Kier alpha value is -4.07. The molecular formula is C32H36F2N2O4. The maximum Gasteiger partial charge on any atom is 0.408 e. The Morgan fingerprint density at radius 1 is 0.800 bits per heavy atom. The highest BCUT2D eigenvalue weighted by Gasteiger charge is 2.43. The highest BCUT2D eigenvalue weighted by molar-refractivity contribution is 5.95. The van der Waals surface area contributed by atoms with E-state index >= 15 is 8.78 Å². The number of rotatable bonds is 14. The van der Waals surface area contributed by atoms with E-state index in [1.165, 1.54) is 0 Å². The van der Waals surface area contributed by atoms with Crippen molar-refractivity contribution >= 4 is 17.8 Å². The van der Waals surface area contributed by atoms with Crippen LogP contribution >= 0.6 is 0 Å². The van der Waals surface area contributed by atoms with Gasteiger partial charge in [0.15, 0.2) is 0 Å². The average molecular weight is 551 g/mol. The van der Waals surface area contributed by atoms with E-state index in [2.05, 4.69) is 10.6 Å². The van der Waals surface area contributed by atoms with E-state index in [0.717, 1.165) is 5.56 Å². The number of carbonyl (C=O) groups is 3. The first-order chi connectivity index (χ1) is 19.2. The lowest BCUT2D eigenvalue weighted by molar-refractivity contribution is -0.148. The van der Waals surface area contributed by atoms with Gasteiger partial charge >= 0.3 is 12.0 Å². The van der Waals surface area contributed by atoms with E-state index in [4.69, 9.17) is 4.74 Å². The molecule has 2 N–H and O–H groups in total. The molecule has 40 heavy (non-hydrogen) atoms. The van der Waals surface area contributed by atoms with E-state index in [1.54, 1.807) is 79.7 Å². The summed E-state index contributed by atoms with van der Waals surface area (Å²) >= 11 is 0. The zero-order valence-electron chi connectivity index (χ0n) is 22.8. The first-order valence-corrected chi connectivity index (χ1v) is 13.5. The number of amides is 2. The number of ether oxygens (including phenoxy) is 1. The standard InChI is InChI=1S/C32H36F2N2O4/c1-3-23(2)28(36-31(39)40-22-26-17-11-6-12-18-26)30(38)35-27(21-25-15-9-5-10-16-25)29(37)32(33,34)20-19-24-13-7-4-8-14-24/h4-18,23,27-28H,3,19-22H2,1-2H3,(H,35,38)(H,36,39)/t23-,27+,28+/m1/s1. The molecule has 0 heterocycles. The van der Waals surface area contributed by atoms with Crippen LogP contribution in [0.2, 0.25) is 0 Å². The van der Waals surface area contributed by atoms with Crippen LogP contribution in [0, 0.1) is 5.92 Å². The van der Waals surface area contributed by atoms with Gasteiger partial charge in [0.2, 0.25) is 11.7 Å². The molecular weight excluding hydrogens is 514 g/mol. The van der Waals surface area contributed by atoms with Gasteiger partial charge in [-0.25, -0.2) is 4.79 Å². The number of halogens is 2. The number of nitrogens with one attached hydrogen (secondary N) is 2. The maximum atomic E-state index is 15.2. The zero-order valence-corrected chi connectivity index (χ0v) is 22.8.